The minimum absolute atomic E-state index is 0.0555. The van der Waals surface area contributed by atoms with E-state index in [1.165, 1.54) is 0 Å². The zero-order valence-corrected chi connectivity index (χ0v) is 20.4. The van der Waals surface area contributed by atoms with Crippen molar-refractivity contribution in [1.29, 1.82) is 0 Å². The predicted molar refractivity (Wildman–Crippen MR) is 132 cm³/mol. The van der Waals surface area contributed by atoms with Crippen molar-refractivity contribution in [2.75, 3.05) is 30.0 Å². The van der Waals surface area contributed by atoms with Crippen LogP contribution in [0.25, 0.3) is 0 Å². The lowest BCUT2D eigenvalue weighted by Crippen LogP contribution is -2.42. The molecular weight excluding hydrogens is 416 g/mol. The molecule has 3 rings (SSSR count). The zero-order valence-electron chi connectivity index (χ0n) is 20.4. The van der Waals surface area contributed by atoms with Crippen LogP contribution in [0.4, 0.5) is 11.4 Å². The van der Waals surface area contributed by atoms with Gasteiger partial charge in [-0.15, -0.1) is 0 Å². The van der Waals surface area contributed by atoms with Gasteiger partial charge in [0.1, 0.15) is 18.1 Å². The maximum atomic E-state index is 13.2. The molecule has 0 aromatic heterocycles. The van der Waals surface area contributed by atoms with Crippen LogP contribution in [-0.4, -0.2) is 31.6 Å². The summed E-state index contributed by atoms with van der Waals surface area (Å²) in [6.45, 7) is 11.8. The number of carbonyl (C=O) groups is 2. The van der Waals surface area contributed by atoms with Crippen LogP contribution >= 0.6 is 0 Å². The molecule has 6 nitrogen and oxygen atoms in total. The zero-order chi connectivity index (χ0) is 24.0. The molecule has 0 bridgehead atoms. The molecule has 6 heteroatoms. The van der Waals surface area contributed by atoms with E-state index in [9.17, 15) is 9.59 Å². The Labute approximate surface area is 197 Å². The number of carbonyl (C=O) groups excluding carboxylic acids is 2. The van der Waals surface area contributed by atoms with E-state index in [4.69, 9.17) is 9.47 Å². The third kappa shape index (κ3) is 6.28. The van der Waals surface area contributed by atoms with E-state index in [0.717, 1.165) is 30.7 Å². The van der Waals surface area contributed by atoms with Crippen molar-refractivity contribution in [3.8, 4) is 11.5 Å². The second kappa shape index (κ2) is 10.7. The van der Waals surface area contributed by atoms with Crippen LogP contribution in [0.15, 0.2) is 42.5 Å². The van der Waals surface area contributed by atoms with Gasteiger partial charge in [-0.2, -0.15) is 0 Å². The molecule has 1 aliphatic rings. The summed E-state index contributed by atoms with van der Waals surface area (Å²) in [5.41, 5.74) is 1.29. The second-order valence-corrected chi connectivity index (χ2v) is 9.67. The standard InChI is InChI=1S/C27H36N2O4/c1-6-7-16-32-22-11-8-20(9-12-22)25(30)28-21-10-13-23-24(17-21)33-18-27(4,5)26(31)29(23)15-14-19(2)3/h8-13,17,19H,6-7,14-16,18H2,1-5H3,(H,28,30). The lowest BCUT2D eigenvalue weighted by atomic mass is 9.92. The normalized spacial score (nSPS) is 15.0. The number of amides is 2. The molecule has 0 atom stereocenters. The molecule has 0 saturated heterocycles. The van der Waals surface area contributed by atoms with Gasteiger partial charge >= 0.3 is 0 Å². The van der Waals surface area contributed by atoms with Gasteiger partial charge in [0.15, 0.2) is 0 Å². The van der Waals surface area contributed by atoms with Crippen LogP contribution in [0, 0.1) is 11.3 Å². The quantitative estimate of drug-likeness (QED) is 0.480. The maximum Gasteiger partial charge on any atom is 0.255 e. The number of hydrogen-bond donors (Lipinski definition) is 1. The van der Waals surface area contributed by atoms with Crippen molar-refractivity contribution in [3.05, 3.63) is 48.0 Å². The largest absolute Gasteiger partial charge is 0.494 e. The van der Waals surface area contributed by atoms with Gasteiger partial charge < -0.3 is 19.7 Å². The Morgan fingerprint density at radius 1 is 1.18 bits per heavy atom. The number of benzene rings is 2. The summed E-state index contributed by atoms with van der Waals surface area (Å²) < 4.78 is 11.7. The SMILES string of the molecule is CCCCOc1ccc(C(=O)Nc2ccc3c(c2)OCC(C)(C)C(=O)N3CCC(C)C)cc1. The van der Waals surface area contributed by atoms with Crippen LogP contribution in [0.3, 0.4) is 0 Å². The predicted octanol–water partition coefficient (Wildman–Crippen LogP) is 5.92. The third-order valence-electron chi connectivity index (χ3n) is 5.73. The monoisotopic (exact) mass is 452 g/mol. The van der Waals surface area contributed by atoms with Gasteiger partial charge in [0, 0.05) is 23.9 Å². The average Bonchev–Trinajstić information content (AvgIpc) is 2.87. The number of unbranched alkanes of at least 4 members (excludes halogenated alkanes) is 1. The highest BCUT2D eigenvalue weighted by Crippen LogP contribution is 2.38. The first-order valence-corrected chi connectivity index (χ1v) is 11.8. The topological polar surface area (TPSA) is 67.9 Å². The van der Waals surface area contributed by atoms with E-state index in [-0.39, 0.29) is 18.4 Å². The van der Waals surface area contributed by atoms with Gasteiger partial charge in [-0.05, 0) is 69.0 Å². The van der Waals surface area contributed by atoms with Crippen LogP contribution in [0.2, 0.25) is 0 Å². The van der Waals surface area contributed by atoms with Crippen LogP contribution in [-0.2, 0) is 4.79 Å². The van der Waals surface area contributed by atoms with E-state index in [1.54, 1.807) is 18.2 Å². The molecule has 0 fully saturated rings. The molecule has 33 heavy (non-hydrogen) atoms. The van der Waals surface area contributed by atoms with Crippen LogP contribution in [0.1, 0.15) is 64.2 Å². The molecular formula is C27H36N2O4. The Bertz CT molecular complexity index is 967. The Hall–Kier alpha value is -3.02. The van der Waals surface area contributed by atoms with E-state index >= 15 is 0 Å². The Balaban J connectivity index is 1.75. The number of nitrogens with one attached hydrogen (secondary N) is 1. The molecule has 2 aromatic rings. The highest BCUT2D eigenvalue weighted by molar-refractivity contribution is 6.05. The highest BCUT2D eigenvalue weighted by Gasteiger charge is 2.37. The van der Waals surface area contributed by atoms with Crippen molar-refractivity contribution in [2.24, 2.45) is 11.3 Å². The first kappa shape index (κ1) is 24.6. The summed E-state index contributed by atoms with van der Waals surface area (Å²) in [6.07, 6.45) is 2.98. The summed E-state index contributed by atoms with van der Waals surface area (Å²) in [5, 5.41) is 2.93. The highest BCUT2D eigenvalue weighted by atomic mass is 16.5. The molecule has 2 amide bonds. The van der Waals surface area contributed by atoms with Crippen molar-refractivity contribution in [2.45, 2.75) is 53.9 Å². The van der Waals surface area contributed by atoms with Gasteiger partial charge in [0.05, 0.1) is 17.7 Å². The van der Waals surface area contributed by atoms with Gasteiger partial charge in [-0.1, -0.05) is 27.2 Å². The fraction of sp³-hybridized carbons (Fsp3) is 0.481. The molecule has 2 aromatic carbocycles. The number of anilines is 2. The molecule has 1 aliphatic heterocycles. The van der Waals surface area contributed by atoms with Crippen LogP contribution < -0.4 is 19.7 Å². The molecule has 0 radical (unpaired) electrons. The van der Waals surface area contributed by atoms with E-state index in [1.807, 2.05) is 43.0 Å². The average molecular weight is 453 g/mol. The number of rotatable bonds is 9. The summed E-state index contributed by atoms with van der Waals surface area (Å²) in [4.78, 5) is 27.8. The lowest BCUT2D eigenvalue weighted by molar-refractivity contribution is -0.127. The fourth-order valence-corrected chi connectivity index (χ4v) is 3.57. The smallest absolute Gasteiger partial charge is 0.255 e. The third-order valence-corrected chi connectivity index (χ3v) is 5.73. The maximum absolute atomic E-state index is 13.2. The summed E-state index contributed by atoms with van der Waals surface area (Å²) >= 11 is 0. The minimum atomic E-state index is -0.625. The molecule has 0 spiro atoms. The van der Waals surface area contributed by atoms with Gasteiger partial charge in [-0.3, -0.25) is 9.59 Å². The summed E-state index contributed by atoms with van der Waals surface area (Å²) in [5.74, 6) is 1.69. The summed E-state index contributed by atoms with van der Waals surface area (Å²) in [7, 11) is 0. The molecule has 0 saturated carbocycles. The summed E-state index contributed by atoms with van der Waals surface area (Å²) in [6, 6.07) is 12.6. The first-order chi connectivity index (χ1) is 15.7. The molecule has 1 heterocycles. The molecule has 178 valence electrons. The molecule has 0 unspecified atom stereocenters. The fourth-order valence-electron chi connectivity index (χ4n) is 3.57. The number of ether oxygens (including phenoxy) is 2. The van der Waals surface area contributed by atoms with E-state index < -0.39 is 5.41 Å². The van der Waals surface area contributed by atoms with Gasteiger partial charge in [0.2, 0.25) is 5.91 Å². The van der Waals surface area contributed by atoms with Crippen LogP contribution in [0.5, 0.6) is 11.5 Å². The van der Waals surface area contributed by atoms with Gasteiger partial charge in [-0.25, -0.2) is 0 Å². The molecule has 1 N–H and O–H groups in total. The Morgan fingerprint density at radius 2 is 1.91 bits per heavy atom. The second-order valence-electron chi connectivity index (χ2n) is 9.67. The Kier molecular flexibility index (Phi) is 8.01. The van der Waals surface area contributed by atoms with E-state index in [2.05, 4.69) is 26.1 Å². The van der Waals surface area contributed by atoms with Crippen molar-refractivity contribution in [1.82, 2.24) is 0 Å². The lowest BCUT2D eigenvalue weighted by Gasteiger charge is -2.28. The number of nitrogens with zero attached hydrogens (tertiary/aromatic N) is 1. The van der Waals surface area contributed by atoms with Gasteiger partial charge in [0.25, 0.3) is 5.91 Å². The minimum Gasteiger partial charge on any atom is -0.494 e. The van der Waals surface area contributed by atoms with E-state index in [0.29, 0.717) is 36.1 Å². The molecule has 0 aliphatic carbocycles. The first-order valence-electron chi connectivity index (χ1n) is 11.8. The number of hydrogen-bond acceptors (Lipinski definition) is 4. The van der Waals surface area contributed by atoms with Crippen molar-refractivity contribution < 1.29 is 19.1 Å². The Morgan fingerprint density at radius 3 is 2.58 bits per heavy atom. The van der Waals surface area contributed by atoms with Crippen molar-refractivity contribution >= 4 is 23.2 Å². The number of fused-ring (bicyclic) bond motifs is 1. The van der Waals surface area contributed by atoms with Crippen molar-refractivity contribution in [3.63, 3.8) is 0 Å².